The Hall–Kier alpha value is -1.93. The van der Waals surface area contributed by atoms with E-state index in [1.807, 2.05) is 0 Å². The van der Waals surface area contributed by atoms with Gasteiger partial charge < -0.3 is 5.32 Å². The highest BCUT2D eigenvalue weighted by molar-refractivity contribution is 9.10. The molecule has 0 saturated carbocycles. The summed E-state index contributed by atoms with van der Waals surface area (Å²) in [6.45, 7) is 0.178. The topological polar surface area (TPSA) is 35.8 Å². The molecular formula is C14H9BrF2N2. The monoisotopic (exact) mass is 322 g/mol. The van der Waals surface area contributed by atoms with Crippen molar-refractivity contribution in [2.45, 2.75) is 6.54 Å². The van der Waals surface area contributed by atoms with Gasteiger partial charge in [0.15, 0.2) is 0 Å². The number of nitrogens with zero attached hydrogens (tertiary/aromatic N) is 1. The zero-order valence-electron chi connectivity index (χ0n) is 9.75. The van der Waals surface area contributed by atoms with Crippen LogP contribution in [0.1, 0.15) is 11.1 Å². The van der Waals surface area contributed by atoms with Gasteiger partial charge in [0.25, 0.3) is 0 Å². The van der Waals surface area contributed by atoms with Gasteiger partial charge in [-0.2, -0.15) is 5.26 Å². The van der Waals surface area contributed by atoms with Crippen molar-refractivity contribution in [2.24, 2.45) is 0 Å². The van der Waals surface area contributed by atoms with Crippen molar-refractivity contribution >= 4 is 21.6 Å². The standard InChI is InChI=1S/C14H9BrF2N2/c15-12-2-1-3-14(11(12)7-18)19-8-9-4-5-10(16)6-13(9)17/h1-6,19H,8H2. The second kappa shape index (κ2) is 5.81. The summed E-state index contributed by atoms with van der Waals surface area (Å²) >= 11 is 3.27. The van der Waals surface area contributed by atoms with Gasteiger partial charge in [0, 0.05) is 22.6 Å². The van der Waals surface area contributed by atoms with Crippen LogP contribution in [0.15, 0.2) is 40.9 Å². The molecule has 2 nitrogen and oxygen atoms in total. The number of hydrogen-bond donors (Lipinski definition) is 1. The van der Waals surface area contributed by atoms with Crippen LogP contribution >= 0.6 is 15.9 Å². The highest BCUT2D eigenvalue weighted by atomic mass is 79.9. The Morgan fingerprint density at radius 2 is 2.00 bits per heavy atom. The SMILES string of the molecule is N#Cc1c(Br)cccc1NCc1ccc(F)cc1F. The van der Waals surface area contributed by atoms with E-state index in [0.717, 1.165) is 6.07 Å². The Morgan fingerprint density at radius 1 is 1.21 bits per heavy atom. The third-order valence-corrected chi connectivity index (χ3v) is 3.27. The van der Waals surface area contributed by atoms with E-state index in [-0.39, 0.29) is 6.54 Å². The zero-order chi connectivity index (χ0) is 13.8. The fourth-order valence-electron chi connectivity index (χ4n) is 1.64. The number of benzene rings is 2. The number of hydrogen-bond acceptors (Lipinski definition) is 2. The zero-order valence-corrected chi connectivity index (χ0v) is 11.3. The fourth-order valence-corrected chi connectivity index (χ4v) is 2.10. The molecule has 96 valence electrons. The fraction of sp³-hybridized carbons (Fsp3) is 0.0714. The predicted molar refractivity (Wildman–Crippen MR) is 72.5 cm³/mol. The van der Waals surface area contributed by atoms with Gasteiger partial charge in [-0.05, 0) is 34.1 Å². The van der Waals surface area contributed by atoms with Crippen molar-refractivity contribution in [3.05, 3.63) is 63.6 Å². The van der Waals surface area contributed by atoms with Crippen LogP contribution in [0.4, 0.5) is 14.5 Å². The van der Waals surface area contributed by atoms with Crippen molar-refractivity contribution in [1.29, 1.82) is 5.26 Å². The van der Waals surface area contributed by atoms with E-state index in [4.69, 9.17) is 5.26 Å². The first-order valence-corrected chi connectivity index (χ1v) is 6.27. The molecule has 0 atom stereocenters. The van der Waals surface area contributed by atoms with Gasteiger partial charge in [-0.25, -0.2) is 8.78 Å². The van der Waals surface area contributed by atoms with Crippen LogP contribution in [0, 0.1) is 23.0 Å². The van der Waals surface area contributed by atoms with Gasteiger partial charge in [-0.15, -0.1) is 0 Å². The first-order chi connectivity index (χ1) is 9.11. The maximum Gasteiger partial charge on any atom is 0.131 e. The average Bonchev–Trinajstić information content (AvgIpc) is 2.38. The van der Waals surface area contributed by atoms with Crippen LogP contribution in [0.5, 0.6) is 0 Å². The molecular weight excluding hydrogens is 314 g/mol. The highest BCUT2D eigenvalue weighted by Gasteiger charge is 2.07. The molecule has 0 radical (unpaired) electrons. The summed E-state index contributed by atoms with van der Waals surface area (Å²) in [6.07, 6.45) is 0. The van der Waals surface area contributed by atoms with Crippen LogP contribution < -0.4 is 5.32 Å². The minimum absolute atomic E-state index is 0.178. The second-order valence-electron chi connectivity index (χ2n) is 3.86. The Labute approximate surface area is 117 Å². The van der Waals surface area contributed by atoms with E-state index < -0.39 is 11.6 Å². The molecule has 0 aromatic heterocycles. The van der Waals surface area contributed by atoms with Gasteiger partial charge in [0.2, 0.25) is 0 Å². The first-order valence-electron chi connectivity index (χ1n) is 5.48. The summed E-state index contributed by atoms with van der Waals surface area (Å²) in [7, 11) is 0. The predicted octanol–water partition coefficient (Wildman–Crippen LogP) is 4.21. The average molecular weight is 323 g/mol. The van der Waals surface area contributed by atoms with E-state index in [1.165, 1.54) is 12.1 Å². The maximum atomic E-state index is 13.5. The number of nitriles is 1. The molecule has 0 spiro atoms. The van der Waals surface area contributed by atoms with Gasteiger partial charge >= 0.3 is 0 Å². The van der Waals surface area contributed by atoms with Gasteiger partial charge in [0.1, 0.15) is 17.7 Å². The van der Waals surface area contributed by atoms with Crippen molar-refractivity contribution in [3.63, 3.8) is 0 Å². The Bertz CT molecular complexity index is 650. The summed E-state index contributed by atoms with van der Waals surface area (Å²) < 4.78 is 26.9. The van der Waals surface area contributed by atoms with E-state index in [9.17, 15) is 8.78 Å². The summed E-state index contributed by atoms with van der Waals surface area (Å²) in [5.74, 6) is -1.22. The van der Waals surface area contributed by atoms with E-state index in [1.54, 1.807) is 18.2 Å². The van der Waals surface area contributed by atoms with Crippen LogP contribution in [0.25, 0.3) is 0 Å². The van der Waals surface area contributed by atoms with E-state index in [2.05, 4.69) is 27.3 Å². The van der Waals surface area contributed by atoms with Crippen molar-refractivity contribution < 1.29 is 8.78 Å². The van der Waals surface area contributed by atoms with Crippen molar-refractivity contribution in [1.82, 2.24) is 0 Å². The van der Waals surface area contributed by atoms with Gasteiger partial charge in [0.05, 0.1) is 11.3 Å². The highest BCUT2D eigenvalue weighted by Crippen LogP contribution is 2.24. The molecule has 0 amide bonds. The van der Waals surface area contributed by atoms with E-state index in [0.29, 0.717) is 21.3 Å². The molecule has 2 aromatic rings. The minimum Gasteiger partial charge on any atom is -0.380 e. The lowest BCUT2D eigenvalue weighted by atomic mass is 10.1. The summed E-state index contributed by atoms with van der Waals surface area (Å²) in [5, 5.41) is 12.0. The van der Waals surface area contributed by atoms with Crippen LogP contribution in [-0.4, -0.2) is 0 Å². The summed E-state index contributed by atoms with van der Waals surface area (Å²) in [6, 6.07) is 10.7. The van der Waals surface area contributed by atoms with Crippen LogP contribution in [-0.2, 0) is 6.54 Å². The smallest absolute Gasteiger partial charge is 0.131 e. The quantitative estimate of drug-likeness (QED) is 0.918. The third-order valence-electron chi connectivity index (χ3n) is 2.61. The molecule has 2 rings (SSSR count). The lowest BCUT2D eigenvalue weighted by Gasteiger charge is -2.10. The third kappa shape index (κ3) is 3.09. The molecule has 0 bridgehead atoms. The first kappa shape index (κ1) is 13.5. The molecule has 0 heterocycles. The maximum absolute atomic E-state index is 13.5. The lowest BCUT2D eigenvalue weighted by Crippen LogP contribution is -2.04. The molecule has 0 fully saturated rings. The summed E-state index contributed by atoms with van der Waals surface area (Å²) in [4.78, 5) is 0. The number of halogens is 3. The molecule has 2 aromatic carbocycles. The molecule has 19 heavy (non-hydrogen) atoms. The largest absolute Gasteiger partial charge is 0.380 e. The molecule has 1 N–H and O–H groups in total. The second-order valence-corrected chi connectivity index (χ2v) is 4.72. The van der Waals surface area contributed by atoms with E-state index >= 15 is 0 Å². The van der Waals surface area contributed by atoms with Gasteiger partial charge in [-0.1, -0.05) is 12.1 Å². The summed E-state index contributed by atoms with van der Waals surface area (Å²) in [5.41, 5.74) is 1.39. The Kier molecular flexibility index (Phi) is 4.13. The Balaban J connectivity index is 2.20. The number of rotatable bonds is 3. The van der Waals surface area contributed by atoms with Gasteiger partial charge in [-0.3, -0.25) is 0 Å². The Morgan fingerprint density at radius 3 is 2.68 bits per heavy atom. The van der Waals surface area contributed by atoms with Crippen LogP contribution in [0.2, 0.25) is 0 Å². The van der Waals surface area contributed by atoms with Crippen molar-refractivity contribution in [2.75, 3.05) is 5.32 Å². The molecule has 0 saturated heterocycles. The molecule has 5 heteroatoms. The molecule has 0 unspecified atom stereocenters. The normalized spacial score (nSPS) is 10.0. The molecule has 0 aliphatic heterocycles. The molecule has 0 aliphatic carbocycles. The lowest BCUT2D eigenvalue weighted by molar-refractivity contribution is 0.574. The molecule has 0 aliphatic rings. The van der Waals surface area contributed by atoms with Crippen LogP contribution in [0.3, 0.4) is 0 Å². The van der Waals surface area contributed by atoms with Crippen molar-refractivity contribution in [3.8, 4) is 6.07 Å². The minimum atomic E-state index is -0.610. The number of anilines is 1. The number of nitrogens with one attached hydrogen (secondary N) is 1.